The summed E-state index contributed by atoms with van der Waals surface area (Å²) in [6, 6.07) is 20.6. The van der Waals surface area contributed by atoms with Crippen LogP contribution in [0.1, 0.15) is 46.1 Å². The molecule has 1 unspecified atom stereocenters. The largest absolute Gasteiger partial charge is 0.497 e. The van der Waals surface area contributed by atoms with Crippen molar-refractivity contribution in [2.24, 2.45) is 5.92 Å². The first-order chi connectivity index (χ1) is 18.1. The lowest BCUT2D eigenvalue weighted by atomic mass is 10.1. The van der Waals surface area contributed by atoms with Gasteiger partial charge in [-0.1, -0.05) is 36.4 Å². The van der Waals surface area contributed by atoms with Gasteiger partial charge >= 0.3 is 5.97 Å². The molecule has 0 amide bonds. The van der Waals surface area contributed by atoms with E-state index in [0.717, 1.165) is 27.9 Å². The number of carboxylic acid groups (broad SMARTS) is 1. The number of para-hydroxylation sites is 2. The molecule has 0 aliphatic heterocycles. The second-order valence-electron chi connectivity index (χ2n) is 9.03. The fourth-order valence-electron chi connectivity index (χ4n) is 3.97. The van der Waals surface area contributed by atoms with Gasteiger partial charge in [-0.2, -0.15) is 0 Å². The maximum atomic E-state index is 11.7. The quantitative estimate of drug-likeness (QED) is 0.270. The summed E-state index contributed by atoms with van der Waals surface area (Å²) in [4.78, 5) is 20.9. The van der Waals surface area contributed by atoms with Crippen LogP contribution in [0.4, 0.5) is 0 Å². The van der Waals surface area contributed by atoms with Gasteiger partial charge in [0, 0.05) is 0 Å². The molecule has 0 saturated heterocycles. The van der Waals surface area contributed by atoms with Crippen molar-refractivity contribution in [1.29, 1.82) is 0 Å². The van der Waals surface area contributed by atoms with Crippen molar-refractivity contribution < 1.29 is 24.1 Å². The number of fused-ring (bicyclic) bond motifs is 1. The molecular weight excluding hydrogens is 468 g/mol. The number of benzene rings is 3. The summed E-state index contributed by atoms with van der Waals surface area (Å²) < 4.78 is 17.4. The molecule has 0 spiro atoms. The van der Waals surface area contributed by atoms with E-state index in [9.17, 15) is 9.90 Å². The predicted octanol–water partition coefficient (Wildman–Crippen LogP) is 6.05. The van der Waals surface area contributed by atoms with Crippen LogP contribution in [-0.4, -0.2) is 41.4 Å². The molecule has 5 rings (SSSR count). The normalized spacial score (nSPS) is 14.1. The van der Waals surface area contributed by atoms with E-state index in [1.807, 2.05) is 54.6 Å². The van der Waals surface area contributed by atoms with Gasteiger partial charge in [0.2, 0.25) is 0 Å². The fraction of sp³-hybridized carbons (Fsp3) is 0.233. The van der Waals surface area contributed by atoms with E-state index < -0.39 is 5.97 Å². The highest BCUT2D eigenvalue weighted by Crippen LogP contribution is 2.32. The molecule has 1 N–H and O–H groups in total. The second-order valence-corrected chi connectivity index (χ2v) is 9.03. The summed E-state index contributed by atoms with van der Waals surface area (Å²) in [5, 5.41) is 9.62. The van der Waals surface area contributed by atoms with Crippen molar-refractivity contribution in [2.45, 2.75) is 18.9 Å². The maximum absolute atomic E-state index is 11.7. The highest BCUT2D eigenvalue weighted by atomic mass is 16.5. The topological polar surface area (TPSA) is 90.8 Å². The molecule has 1 aliphatic carbocycles. The molecule has 3 aromatic carbocycles. The Kier molecular flexibility index (Phi) is 7.42. The third-order valence-corrected chi connectivity index (χ3v) is 6.23. The SMILES string of the molecule is COc1ccc(OCC(OCC2CC2)c2cccc(/C=C/c3cnc4ccccc4n3)c2)c(C(=O)O)c1. The monoisotopic (exact) mass is 496 g/mol. The molecule has 0 bridgehead atoms. The summed E-state index contributed by atoms with van der Waals surface area (Å²) in [5.74, 6) is 0.238. The van der Waals surface area contributed by atoms with Gasteiger partial charge in [0.1, 0.15) is 29.8 Å². The lowest BCUT2D eigenvalue weighted by Crippen LogP contribution is -2.16. The zero-order chi connectivity index (χ0) is 25.6. The average molecular weight is 497 g/mol. The Morgan fingerprint density at radius 1 is 1.05 bits per heavy atom. The molecule has 0 radical (unpaired) electrons. The number of hydrogen-bond donors (Lipinski definition) is 1. The lowest BCUT2D eigenvalue weighted by Gasteiger charge is -2.20. The number of methoxy groups -OCH3 is 1. The van der Waals surface area contributed by atoms with Crippen LogP contribution in [0.3, 0.4) is 0 Å². The summed E-state index contributed by atoms with van der Waals surface area (Å²) in [5.41, 5.74) is 4.48. The van der Waals surface area contributed by atoms with Crippen molar-refractivity contribution in [3.8, 4) is 11.5 Å². The molecule has 4 aromatic rings. The van der Waals surface area contributed by atoms with E-state index in [-0.39, 0.29) is 24.0 Å². The predicted molar refractivity (Wildman–Crippen MR) is 142 cm³/mol. The standard InChI is InChI=1S/C30H28N2O5/c1-35-24-13-14-28(25(16-24)30(33)34)37-19-29(36-18-21-9-10-21)22-6-4-5-20(15-22)11-12-23-17-31-26-7-2-3-8-27(26)32-23/h2-8,11-17,21,29H,9-10,18-19H2,1H3,(H,33,34)/b12-11+. The number of aromatic carboxylic acids is 1. The summed E-state index contributed by atoms with van der Waals surface area (Å²) >= 11 is 0. The van der Waals surface area contributed by atoms with Crippen LogP contribution in [0.25, 0.3) is 23.2 Å². The molecule has 1 atom stereocenters. The summed E-state index contributed by atoms with van der Waals surface area (Å²) in [6.07, 6.45) is 7.68. The Morgan fingerprint density at radius 2 is 1.89 bits per heavy atom. The number of hydrogen-bond acceptors (Lipinski definition) is 6. The van der Waals surface area contributed by atoms with Gasteiger partial charge in [0.15, 0.2) is 0 Å². The Labute approximate surface area is 215 Å². The first-order valence-electron chi connectivity index (χ1n) is 12.2. The minimum Gasteiger partial charge on any atom is -0.497 e. The highest BCUT2D eigenvalue weighted by molar-refractivity contribution is 5.91. The molecule has 188 valence electrons. The van der Waals surface area contributed by atoms with E-state index in [0.29, 0.717) is 18.3 Å². The number of rotatable bonds is 11. The molecular formula is C30H28N2O5. The number of carbonyl (C=O) groups is 1. The zero-order valence-corrected chi connectivity index (χ0v) is 20.5. The van der Waals surface area contributed by atoms with Crippen LogP contribution >= 0.6 is 0 Å². The summed E-state index contributed by atoms with van der Waals surface area (Å²) in [7, 11) is 1.50. The fourth-order valence-corrected chi connectivity index (χ4v) is 3.97. The number of ether oxygens (including phenoxy) is 3. The average Bonchev–Trinajstić information content (AvgIpc) is 3.76. The van der Waals surface area contributed by atoms with Crippen LogP contribution < -0.4 is 9.47 Å². The van der Waals surface area contributed by atoms with Crippen LogP contribution in [0, 0.1) is 5.92 Å². The van der Waals surface area contributed by atoms with Gasteiger partial charge in [0.25, 0.3) is 0 Å². The number of carboxylic acids is 1. The van der Waals surface area contributed by atoms with Gasteiger partial charge in [-0.15, -0.1) is 0 Å². The minimum atomic E-state index is -1.08. The molecule has 7 heteroatoms. The van der Waals surface area contributed by atoms with Gasteiger partial charge in [-0.25, -0.2) is 9.78 Å². The van der Waals surface area contributed by atoms with E-state index in [1.165, 1.54) is 26.0 Å². The molecule has 1 aromatic heterocycles. The van der Waals surface area contributed by atoms with Gasteiger partial charge in [-0.05, 0) is 72.4 Å². The van der Waals surface area contributed by atoms with Gasteiger partial charge < -0.3 is 19.3 Å². The van der Waals surface area contributed by atoms with E-state index in [1.54, 1.807) is 18.3 Å². The smallest absolute Gasteiger partial charge is 0.339 e. The Balaban J connectivity index is 1.34. The number of aromatic nitrogens is 2. The lowest BCUT2D eigenvalue weighted by molar-refractivity contribution is 0.0128. The van der Waals surface area contributed by atoms with Crippen molar-refractivity contribution in [3.63, 3.8) is 0 Å². The third kappa shape index (κ3) is 6.32. The molecule has 1 aliphatic rings. The van der Waals surface area contributed by atoms with Crippen molar-refractivity contribution >= 4 is 29.2 Å². The van der Waals surface area contributed by atoms with Crippen molar-refractivity contribution in [2.75, 3.05) is 20.3 Å². The van der Waals surface area contributed by atoms with E-state index in [4.69, 9.17) is 14.2 Å². The van der Waals surface area contributed by atoms with Crippen LogP contribution in [0.5, 0.6) is 11.5 Å². The van der Waals surface area contributed by atoms with Gasteiger partial charge in [0.05, 0.1) is 36.6 Å². The van der Waals surface area contributed by atoms with Crippen LogP contribution in [-0.2, 0) is 4.74 Å². The molecule has 7 nitrogen and oxygen atoms in total. The molecule has 1 heterocycles. The molecule has 37 heavy (non-hydrogen) atoms. The van der Waals surface area contributed by atoms with Crippen LogP contribution in [0.15, 0.2) is 72.9 Å². The maximum Gasteiger partial charge on any atom is 0.339 e. The van der Waals surface area contributed by atoms with Crippen LogP contribution in [0.2, 0.25) is 0 Å². The molecule has 1 fully saturated rings. The van der Waals surface area contributed by atoms with E-state index in [2.05, 4.69) is 16.0 Å². The Hall–Kier alpha value is -4.23. The van der Waals surface area contributed by atoms with Crippen molar-refractivity contribution in [3.05, 3.63) is 95.3 Å². The molecule has 1 saturated carbocycles. The Morgan fingerprint density at radius 3 is 2.68 bits per heavy atom. The van der Waals surface area contributed by atoms with Crippen molar-refractivity contribution in [1.82, 2.24) is 9.97 Å². The first kappa shape index (κ1) is 24.5. The number of nitrogens with zero attached hydrogens (tertiary/aromatic N) is 2. The third-order valence-electron chi connectivity index (χ3n) is 6.23. The summed E-state index contributed by atoms with van der Waals surface area (Å²) in [6.45, 7) is 0.831. The first-order valence-corrected chi connectivity index (χ1v) is 12.2. The highest BCUT2D eigenvalue weighted by Gasteiger charge is 2.25. The zero-order valence-electron chi connectivity index (χ0n) is 20.5. The Bertz CT molecular complexity index is 1430. The van der Waals surface area contributed by atoms with Gasteiger partial charge in [-0.3, -0.25) is 4.98 Å². The minimum absolute atomic E-state index is 0.0495. The second kappa shape index (κ2) is 11.2. The van der Waals surface area contributed by atoms with E-state index >= 15 is 0 Å².